The Balaban J connectivity index is 1.46. The maximum Gasteiger partial charge on any atom is 0.228 e. The highest BCUT2D eigenvalue weighted by atomic mass is 16.5. The molecule has 1 aromatic heterocycles. The van der Waals surface area contributed by atoms with Gasteiger partial charge in [-0.1, -0.05) is 30.3 Å². The lowest BCUT2D eigenvalue weighted by molar-refractivity contribution is -0.136. The molecule has 0 spiro atoms. The Morgan fingerprint density at radius 3 is 2.96 bits per heavy atom. The van der Waals surface area contributed by atoms with Crippen molar-refractivity contribution in [2.45, 2.75) is 31.6 Å². The Morgan fingerprint density at radius 2 is 2.16 bits per heavy atom. The number of ether oxygens (including phenoxy) is 1. The van der Waals surface area contributed by atoms with Crippen LogP contribution in [0.25, 0.3) is 0 Å². The van der Waals surface area contributed by atoms with Gasteiger partial charge in [-0.2, -0.15) is 5.10 Å². The van der Waals surface area contributed by atoms with Gasteiger partial charge in [0.25, 0.3) is 0 Å². The third kappa shape index (κ3) is 3.61. The normalized spacial score (nSPS) is 23.8. The molecule has 5 nitrogen and oxygen atoms in total. The van der Waals surface area contributed by atoms with Crippen LogP contribution in [0.3, 0.4) is 0 Å². The molecule has 4 rings (SSSR count). The van der Waals surface area contributed by atoms with E-state index in [0.717, 1.165) is 45.4 Å². The fourth-order valence-corrected chi connectivity index (χ4v) is 4.03. The molecule has 25 heavy (non-hydrogen) atoms. The number of hydrogen-bond donors (Lipinski definition) is 1. The Labute approximate surface area is 148 Å². The van der Waals surface area contributed by atoms with Gasteiger partial charge in [0.2, 0.25) is 5.91 Å². The van der Waals surface area contributed by atoms with Crippen LogP contribution in [0.1, 0.15) is 42.0 Å². The molecule has 5 heteroatoms. The van der Waals surface area contributed by atoms with Gasteiger partial charge in [0, 0.05) is 37.7 Å². The number of carbonyl (C=O) groups excluding carboxylic acids is 1. The number of nitrogens with one attached hydrogen (secondary N) is 1. The molecule has 2 aliphatic rings. The van der Waals surface area contributed by atoms with Crippen LogP contribution in [0.5, 0.6) is 0 Å². The number of H-pyrrole nitrogens is 1. The van der Waals surface area contributed by atoms with Crippen LogP contribution in [-0.2, 0) is 16.0 Å². The van der Waals surface area contributed by atoms with E-state index in [4.69, 9.17) is 4.74 Å². The molecule has 0 radical (unpaired) electrons. The van der Waals surface area contributed by atoms with E-state index in [-0.39, 0.29) is 11.8 Å². The van der Waals surface area contributed by atoms with E-state index in [2.05, 4.69) is 34.5 Å². The second kappa shape index (κ2) is 7.40. The van der Waals surface area contributed by atoms with Crippen LogP contribution in [-0.4, -0.2) is 47.3 Å². The molecule has 0 aliphatic carbocycles. The number of carbonyl (C=O) groups is 1. The molecule has 132 valence electrons. The number of amides is 1. The van der Waals surface area contributed by atoms with Gasteiger partial charge in [0.1, 0.15) is 0 Å². The van der Waals surface area contributed by atoms with E-state index in [1.165, 1.54) is 16.8 Å². The maximum absolute atomic E-state index is 12.7. The maximum atomic E-state index is 12.7. The van der Waals surface area contributed by atoms with Gasteiger partial charge in [-0.15, -0.1) is 0 Å². The highest BCUT2D eigenvalue weighted by molar-refractivity contribution is 5.79. The van der Waals surface area contributed by atoms with E-state index >= 15 is 0 Å². The molecule has 0 bridgehead atoms. The summed E-state index contributed by atoms with van der Waals surface area (Å²) < 4.78 is 5.39. The van der Waals surface area contributed by atoms with Crippen molar-refractivity contribution < 1.29 is 9.53 Å². The van der Waals surface area contributed by atoms with Gasteiger partial charge >= 0.3 is 0 Å². The van der Waals surface area contributed by atoms with Gasteiger partial charge in [-0.3, -0.25) is 9.89 Å². The van der Waals surface area contributed by atoms with Gasteiger partial charge in [-0.05, 0) is 30.4 Å². The number of nitrogens with zero attached hydrogens (tertiary/aromatic N) is 2. The average Bonchev–Trinajstić information content (AvgIpc) is 3.34. The SMILES string of the molecule is O=C(C1CCOC1)N1CCCC(c2[nH]ncc2Cc2ccccc2)C1. The summed E-state index contributed by atoms with van der Waals surface area (Å²) >= 11 is 0. The van der Waals surface area contributed by atoms with Crippen molar-refractivity contribution in [2.75, 3.05) is 26.3 Å². The van der Waals surface area contributed by atoms with Crippen molar-refractivity contribution in [3.8, 4) is 0 Å². The Morgan fingerprint density at radius 1 is 1.28 bits per heavy atom. The van der Waals surface area contributed by atoms with E-state index in [0.29, 0.717) is 12.5 Å². The fraction of sp³-hybridized carbons (Fsp3) is 0.500. The predicted octanol–water partition coefficient (Wildman–Crippen LogP) is 2.74. The largest absolute Gasteiger partial charge is 0.381 e. The summed E-state index contributed by atoms with van der Waals surface area (Å²) in [6.45, 7) is 2.96. The molecule has 2 aliphatic heterocycles. The highest BCUT2D eigenvalue weighted by Gasteiger charge is 2.32. The van der Waals surface area contributed by atoms with Gasteiger partial charge in [-0.25, -0.2) is 0 Å². The minimum atomic E-state index is 0.0595. The summed E-state index contributed by atoms with van der Waals surface area (Å²) in [4.78, 5) is 14.8. The summed E-state index contributed by atoms with van der Waals surface area (Å²) in [5.74, 6) is 0.678. The molecule has 1 amide bonds. The van der Waals surface area contributed by atoms with Crippen molar-refractivity contribution in [1.29, 1.82) is 0 Å². The van der Waals surface area contributed by atoms with E-state index in [9.17, 15) is 4.79 Å². The monoisotopic (exact) mass is 339 g/mol. The second-order valence-electron chi connectivity index (χ2n) is 7.16. The number of aromatic amines is 1. The van der Waals surface area contributed by atoms with Crippen LogP contribution in [0.15, 0.2) is 36.5 Å². The lowest BCUT2D eigenvalue weighted by Gasteiger charge is -2.34. The quantitative estimate of drug-likeness (QED) is 0.932. The van der Waals surface area contributed by atoms with Crippen molar-refractivity contribution in [3.05, 3.63) is 53.3 Å². The van der Waals surface area contributed by atoms with Crippen LogP contribution in [0.4, 0.5) is 0 Å². The zero-order valence-electron chi connectivity index (χ0n) is 14.5. The zero-order valence-corrected chi connectivity index (χ0v) is 14.5. The number of rotatable bonds is 4. The van der Waals surface area contributed by atoms with Gasteiger partial charge < -0.3 is 9.64 Å². The van der Waals surface area contributed by atoms with Crippen molar-refractivity contribution in [1.82, 2.24) is 15.1 Å². The first kappa shape index (κ1) is 16.3. The van der Waals surface area contributed by atoms with Crippen molar-refractivity contribution in [2.24, 2.45) is 5.92 Å². The van der Waals surface area contributed by atoms with Gasteiger partial charge in [0.05, 0.1) is 18.7 Å². The smallest absolute Gasteiger partial charge is 0.228 e. The standard InChI is InChI=1S/C20H25N3O2/c24-20(17-8-10-25-14-17)23-9-4-7-16(13-23)19-18(12-21-22-19)11-15-5-2-1-3-6-15/h1-3,5-6,12,16-17H,4,7-11,13-14H2,(H,21,22). The second-order valence-corrected chi connectivity index (χ2v) is 7.16. The topological polar surface area (TPSA) is 58.2 Å². The van der Waals surface area contributed by atoms with Gasteiger partial charge in [0.15, 0.2) is 0 Å². The molecule has 2 unspecified atom stereocenters. The van der Waals surface area contributed by atoms with Crippen LogP contribution < -0.4 is 0 Å². The number of hydrogen-bond acceptors (Lipinski definition) is 3. The Bertz CT molecular complexity index is 707. The number of aromatic nitrogens is 2. The number of likely N-dealkylation sites (tertiary alicyclic amines) is 1. The summed E-state index contributed by atoms with van der Waals surface area (Å²) in [6, 6.07) is 10.5. The molecule has 2 saturated heterocycles. The number of piperidine rings is 1. The van der Waals surface area contributed by atoms with Crippen molar-refractivity contribution >= 4 is 5.91 Å². The molecular weight excluding hydrogens is 314 g/mol. The minimum Gasteiger partial charge on any atom is -0.381 e. The van der Waals surface area contributed by atoms with Crippen LogP contribution in [0.2, 0.25) is 0 Å². The Kier molecular flexibility index (Phi) is 4.83. The molecule has 2 aromatic rings. The third-order valence-electron chi connectivity index (χ3n) is 5.41. The highest BCUT2D eigenvalue weighted by Crippen LogP contribution is 2.30. The summed E-state index contributed by atoms with van der Waals surface area (Å²) in [5.41, 5.74) is 3.73. The third-order valence-corrected chi connectivity index (χ3v) is 5.41. The number of benzene rings is 1. The fourth-order valence-electron chi connectivity index (χ4n) is 4.03. The summed E-state index contributed by atoms with van der Waals surface area (Å²) in [5, 5.41) is 7.50. The molecule has 0 saturated carbocycles. The first-order valence-electron chi connectivity index (χ1n) is 9.24. The summed E-state index contributed by atoms with van der Waals surface area (Å²) in [7, 11) is 0. The van der Waals surface area contributed by atoms with Crippen LogP contribution >= 0.6 is 0 Å². The molecule has 1 N–H and O–H groups in total. The van der Waals surface area contributed by atoms with E-state index in [1.807, 2.05) is 17.2 Å². The minimum absolute atomic E-state index is 0.0595. The lowest BCUT2D eigenvalue weighted by atomic mass is 9.90. The summed E-state index contributed by atoms with van der Waals surface area (Å²) in [6.07, 6.45) is 5.84. The predicted molar refractivity (Wildman–Crippen MR) is 95.3 cm³/mol. The molecule has 2 atom stereocenters. The van der Waals surface area contributed by atoms with E-state index < -0.39 is 0 Å². The molecule has 2 fully saturated rings. The molecule has 1 aromatic carbocycles. The molecule has 3 heterocycles. The van der Waals surface area contributed by atoms with Crippen LogP contribution in [0, 0.1) is 5.92 Å². The first-order chi connectivity index (χ1) is 12.3. The lowest BCUT2D eigenvalue weighted by Crippen LogP contribution is -2.42. The Hall–Kier alpha value is -2.14. The average molecular weight is 339 g/mol. The van der Waals surface area contributed by atoms with Crippen molar-refractivity contribution in [3.63, 3.8) is 0 Å². The zero-order chi connectivity index (χ0) is 17.1. The first-order valence-corrected chi connectivity index (χ1v) is 9.24. The molecular formula is C20H25N3O2. The van der Waals surface area contributed by atoms with E-state index in [1.54, 1.807) is 0 Å².